The van der Waals surface area contributed by atoms with Crippen LogP contribution in [-0.4, -0.2) is 9.13 Å². The molecule has 264 valence electrons. The highest BCUT2D eigenvalue weighted by molar-refractivity contribution is 7.99. The van der Waals surface area contributed by atoms with Gasteiger partial charge >= 0.3 is 0 Å². The van der Waals surface area contributed by atoms with Crippen molar-refractivity contribution in [2.75, 3.05) is 0 Å². The molecule has 0 fully saturated rings. The lowest BCUT2D eigenvalue weighted by molar-refractivity contribution is 1.17. The van der Waals surface area contributed by atoms with Crippen molar-refractivity contribution in [1.82, 2.24) is 9.13 Å². The van der Waals surface area contributed by atoms with E-state index in [1.807, 2.05) is 11.8 Å². The first kappa shape index (κ1) is 32.6. The zero-order valence-corrected chi connectivity index (χ0v) is 31.7. The number of aromatic nitrogens is 2. The quantitative estimate of drug-likeness (QED) is 0.165. The van der Waals surface area contributed by atoms with Gasteiger partial charge in [-0.25, -0.2) is 0 Å². The molecule has 2 nitrogen and oxygen atoms in total. The van der Waals surface area contributed by atoms with Crippen LogP contribution in [0.4, 0.5) is 0 Å². The van der Waals surface area contributed by atoms with Gasteiger partial charge in [0, 0.05) is 42.4 Å². The molecule has 0 bridgehead atoms. The Bertz CT molecular complexity index is 3270. The third kappa shape index (κ3) is 5.27. The highest BCUT2D eigenvalue weighted by atomic mass is 32.2. The van der Waals surface area contributed by atoms with Gasteiger partial charge in [0.15, 0.2) is 0 Å². The van der Waals surface area contributed by atoms with E-state index >= 15 is 0 Å². The minimum Gasteiger partial charge on any atom is -0.309 e. The molecule has 0 aliphatic heterocycles. The highest BCUT2D eigenvalue weighted by Crippen LogP contribution is 2.45. The van der Waals surface area contributed by atoms with E-state index in [1.54, 1.807) is 0 Å². The Morgan fingerprint density at radius 3 is 1.73 bits per heavy atom. The molecule has 11 rings (SSSR count). The molecule has 0 saturated carbocycles. The Morgan fingerprint density at radius 1 is 0.357 bits per heavy atom. The van der Waals surface area contributed by atoms with Crippen LogP contribution in [0.15, 0.2) is 210 Å². The van der Waals surface area contributed by atoms with Crippen molar-refractivity contribution in [3.05, 3.63) is 206 Å². The van der Waals surface area contributed by atoms with Crippen molar-refractivity contribution < 1.29 is 0 Å². The van der Waals surface area contributed by atoms with Gasteiger partial charge in [0.2, 0.25) is 0 Å². The lowest BCUT2D eigenvalue weighted by atomic mass is 10.00. The van der Waals surface area contributed by atoms with E-state index in [2.05, 4.69) is 216 Å². The van der Waals surface area contributed by atoms with Crippen LogP contribution in [0.2, 0.25) is 0 Å². The van der Waals surface area contributed by atoms with Crippen LogP contribution in [0, 0.1) is 6.92 Å². The summed E-state index contributed by atoms with van der Waals surface area (Å²) in [5, 5.41) is 7.48. The molecule has 0 atom stereocenters. The number of benzene rings is 9. The van der Waals surface area contributed by atoms with Crippen molar-refractivity contribution in [2.45, 2.75) is 16.7 Å². The van der Waals surface area contributed by atoms with Gasteiger partial charge in [-0.3, -0.25) is 0 Å². The van der Waals surface area contributed by atoms with E-state index in [4.69, 9.17) is 0 Å². The Kier molecular flexibility index (Phi) is 7.68. The molecule has 3 heteroatoms. The SMILES string of the molecule is Cc1ccccc1Sc1cc2c(cc1-c1ccc3c(c1)c1ccccc1n3-c1cccc3ccccc13)c1ccccc1n2-c1ccc(-c2ccccc2)cc1. The number of rotatable bonds is 6. The Hall–Kier alpha value is -6.81. The summed E-state index contributed by atoms with van der Waals surface area (Å²) in [6.45, 7) is 2.21. The average molecular weight is 733 g/mol. The fraction of sp³-hybridized carbons (Fsp3) is 0.0189. The second kappa shape index (κ2) is 13.2. The summed E-state index contributed by atoms with van der Waals surface area (Å²) in [5.74, 6) is 0. The minimum atomic E-state index is 1.15. The predicted molar refractivity (Wildman–Crippen MR) is 239 cm³/mol. The number of aryl methyl sites for hydroxylation is 1. The van der Waals surface area contributed by atoms with E-state index in [0.29, 0.717) is 0 Å². The fourth-order valence-electron chi connectivity index (χ4n) is 8.61. The molecule has 0 unspecified atom stereocenters. The molecule has 56 heavy (non-hydrogen) atoms. The van der Waals surface area contributed by atoms with E-state index in [1.165, 1.54) is 97.7 Å². The van der Waals surface area contributed by atoms with Crippen LogP contribution >= 0.6 is 11.8 Å². The first-order valence-corrected chi connectivity index (χ1v) is 20.0. The van der Waals surface area contributed by atoms with Crippen molar-refractivity contribution in [3.8, 4) is 33.6 Å². The van der Waals surface area contributed by atoms with Crippen LogP contribution < -0.4 is 0 Å². The van der Waals surface area contributed by atoms with Crippen LogP contribution in [0.25, 0.3) is 88.0 Å². The smallest absolute Gasteiger partial charge is 0.0552 e. The number of hydrogen-bond acceptors (Lipinski definition) is 1. The third-order valence-electron chi connectivity index (χ3n) is 11.3. The van der Waals surface area contributed by atoms with E-state index in [0.717, 1.165) is 5.69 Å². The molecule has 0 spiro atoms. The molecule has 0 N–H and O–H groups in total. The summed E-state index contributed by atoms with van der Waals surface area (Å²) in [6.07, 6.45) is 0. The monoisotopic (exact) mass is 732 g/mol. The maximum atomic E-state index is 2.44. The average Bonchev–Trinajstić information content (AvgIpc) is 3.76. The molecule has 0 radical (unpaired) electrons. The number of hydrogen-bond donors (Lipinski definition) is 0. The Balaban J connectivity index is 1.15. The second-order valence-corrected chi connectivity index (χ2v) is 15.7. The molecular weight excluding hydrogens is 697 g/mol. The van der Waals surface area contributed by atoms with Crippen LogP contribution in [0.5, 0.6) is 0 Å². The molecule has 0 saturated heterocycles. The van der Waals surface area contributed by atoms with Crippen LogP contribution in [-0.2, 0) is 0 Å². The normalized spacial score (nSPS) is 11.7. The maximum absolute atomic E-state index is 2.44. The Labute approximate surface area is 329 Å². The van der Waals surface area contributed by atoms with Gasteiger partial charge in [-0.05, 0) is 101 Å². The zero-order valence-electron chi connectivity index (χ0n) is 30.9. The Morgan fingerprint density at radius 2 is 0.946 bits per heavy atom. The van der Waals surface area contributed by atoms with Gasteiger partial charge in [-0.15, -0.1) is 0 Å². The highest BCUT2D eigenvalue weighted by Gasteiger charge is 2.20. The molecule has 11 aromatic rings. The van der Waals surface area contributed by atoms with E-state index in [9.17, 15) is 0 Å². The van der Waals surface area contributed by atoms with Crippen LogP contribution in [0.1, 0.15) is 5.56 Å². The third-order valence-corrected chi connectivity index (χ3v) is 12.5. The molecule has 2 aromatic heterocycles. The summed E-state index contributed by atoms with van der Waals surface area (Å²) in [6, 6.07) is 73.3. The van der Waals surface area contributed by atoms with Gasteiger partial charge in [0.05, 0.1) is 27.8 Å². The van der Waals surface area contributed by atoms with Crippen molar-refractivity contribution in [1.29, 1.82) is 0 Å². The second-order valence-electron chi connectivity index (χ2n) is 14.6. The number of para-hydroxylation sites is 2. The zero-order chi connectivity index (χ0) is 37.2. The summed E-state index contributed by atoms with van der Waals surface area (Å²) in [7, 11) is 0. The predicted octanol–water partition coefficient (Wildman–Crippen LogP) is 14.8. The van der Waals surface area contributed by atoms with Gasteiger partial charge in [0.25, 0.3) is 0 Å². The van der Waals surface area contributed by atoms with Crippen LogP contribution in [0.3, 0.4) is 0 Å². The first-order valence-electron chi connectivity index (χ1n) is 19.2. The van der Waals surface area contributed by atoms with Gasteiger partial charge < -0.3 is 9.13 Å². The largest absolute Gasteiger partial charge is 0.309 e. The topological polar surface area (TPSA) is 9.86 Å². The van der Waals surface area contributed by atoms with E-state index < -0.39 is 0 Å². The summed E-state index contributed by atoms with van der Waals surface area (Å²) in [5.41, 5.74) is 13.3. The molecule has 0 aliphatic rings. The van der Waals surface area contributed by atoms with Gasteiger partial charge in [0.1, 0.15) is 0 Å². The van der Waals surface area contributed by atoms with Crippen molar-refractivity contribution in [2.24, 2.45) is 0 Å². The maximum Gasteiger partial charge on any atom is 0.0552 e. The molecular formula is C53H36N2S. The molecule has 2 heterocycles. The molecule has 9 aromatic carbocycles. The summed E-state index contributed by atoms with van der Waals surface area (Å²) >= 11 is 1.86. The molecule has 0 amide bonds. The standard InChI is InChI=1S/C53H36N2S/c1-35-14-5-12-25-52(35)56-53-34-51-46(43-21-8-10-22-48(43)54(51)40-29-26-37(27-30-40)36-15-3-2-4-16-36)33-44(53)39-28-31-50-45(32-39)42-20-9-11-23-49(42)55(50)47-24-13-18-38-17-6-7-19-41(38)47/h2-34H,1H3. The van der Waals surface area contributed by atoms with Crippen molar-refractivity contribution in [3.63, 3.8) is 0 Å². The first-order chi connectivity index (χ1) is 27.7. The summed E-state index contributed by atoms with van der Waals surface area (Å²) < 4.78 is 4.88. The van der Waals surface area contributed by atoms with Gasteiger partial charge in [-0.1, -0.05) is 151 Å². The fourth-order valence-corrected chi connectivity index (χ4v) is 9.68. The minimum absolute atomic E-state index is 1.15. The summed E-state index contributed by atoms with van der Waals surface area (Å²) in [4.78, 5) is 2.49. The van der Waals surface area contributed by atoms with E-state index in [-0.39, 0.29) is 0 Å². The number of nitrogens with zero attached hydrogens (tertiary/aromatic N) is 2. The lowest BCUT2D eigenvalue weighted by Gasteiger charge is -2.15. The lowest BCUT2D eigenvalue weighted by Crippen LogP contribution is -1.95. The van der Waals surface area contributed by atoms with Gasteiger partial charge in [-0.2, -0.15) is 0 Å². The number of fused-ring (bicyclic) bond motifs is 7. The van der Waals surface area contributed by atoms with Crippen molar-refractivity contribution >= 4 is 66.1 Å². The molecule has 0 aliphatic carbocycles.